The van der Waals surface area contributed by atoms with Crippen molar-refractivity contribution in [2.45, 2.75) is 12.3 Å². The van der Waals surface area contributed by atoms with Crippen molar-refractivity contribution in [2.75, 3.05) is 13.2 Å². The van der Waals surface area contributed by atoms with Gasteiger partial charge in [0, 0.05) is 23.8 Å². The van der Waals surface area contributed by atoms with Gasteiger partial charge in [-0.05, 0) is 24.6 Å². The Kier molecular flexibility index (Phi) is 2.97. The van der Waals surface area contributed by atoms with Gasteiger partial charge in [0.15, 0.2) is 5.82 Å². The summed E-state index contributed by atoms with van der Waals surface area (Å²) in [5, 5.41) is 11.7. The van der Waals surface area contributed by atoms with Crippen LogP contribution in [-0.4, -0.2) is 38.1 Å². The summed E-state index contributed by atoms with van der Waals surface area (Å²) in [6, 6.07) is 7.81. The number of rotatable bonds is 3. The molecule has 1 atom stereocenters. The number of aromatic nitrogens is 5. The average molecular weight is 283 g/mol. The molecule has 0 bridgehead atoms. The second-order valence-electron chi connectivity index (χ2n) is 4.94. The van der Waals surface area contributed by atoms with Gasteiger partial charge in [-0.2, -0.15) is 4.98 Å². The average Bonchev–Trinajstić information content (AvgIpc) is 3.26. The molecule has 0 aliphatic carbocycles. The molecule has 1 unspecified atom stereocenters. The van der Waals surface area contributed by atoms with Crippen LogP contribution in [0.4, 0.5) is 0 Å². The van der Waals surface area contributed by atoms with Crippen LogP contribution in [0.3, 0.4) is 0 Å². The lowest BCUT2D eigenvalue weighted by molar-refractivity contribution is 0.192. The van der Waals surface area contributed by atoms with E-state index < -0.39 is 0 Å². The highest BCUT2D eigenvalue weighted by Gasteiger charge is 2.23. The van der Waals surface area contributed by atoms with Gasteiger partial charge >= 0.3 is 0 Å². The van der Waals surface area contributed by atoms with Crippen LogP contribution >= 0.6 is 0 Å². The van der Waals surface area contributed by atoms with Crippen molar-refractivity contribution >= 4 is 0 Å². The maximum atomic E-state index is 5.38. The van der Waals surface area contributed by atoms with Crippen molar-refractivity contribution in [1.29, 1.82) is 0 Å². The van der Waals surface area contributed by atoms with E-state index >= 15 is 0 Å². The molecule has 1 aliphatic rings. The molecule has 2 aromatic heterocycles. The van der Waals surface area contributed by atoms with Gasteiger partial charge in [0.1, 0.15) is 12.7 Å². The quantitative estimate of drug-likeness (QED) is 0.729. The zero-order valence-corrected chi connectivity index (χ0v) is 11.2. The van der Waals surface area contributed by atoms with Gasteiger partial charge < -0.3 is 9.26 Å². The molecule has 0 radical (unpaired) electrons. The highest BCUT2D eigenvalue weighted by Crippen LogP contribution is 2.26. The molecule has 4 rings (SSSR count). The maximum Gasteiger partial charge on any atom is 0.258 e. The lowest BCUT2D eigenvalue weighted by Gasteiger charge is -2.02. The highest BCUT2D eigenvalue weighted by atomic mass is 16.5. The Balaban J connectivity index is 1.65. The number of hydrogen-bond donors (Lipinski definition) is 0. The fourth-order valence-corrected chi connectivity index (χ4v) is 2.39. The van der Waals surface area contributed by atoms with E-state index in [4.69, 9.17) is 9.26 Å². The fraction of sp³-hybridized carbons (Fsp3) is 0.286. The van der Waals surface area contributed by atoms with Gasteiger partial charge in [-0.3, -0.25) is 4.57 Å². The molecule has 1 aromatic carbocycles. The Hall–Kier alpha value is -2.54. The third kappa shape index (κ3) is 2.31. The lowest BCUT2D eigenvalue weighted by atomic mass is 10.1. The summed E-state index contributed by atoms with van der Waals surface area (Å²) in [7, 11) is 0. The summed E-state index contributed by atoms with van der Waals surface area (Å²) in [4.78, 5) is 4.49. The molecular weight excluding hydrogens is 270 g/mol. The van der Waals surface area contributed by atoms with Gasteiger partial charge in [-0.1, -0.05) is 11.2 Å². The number of hydrogen-bond acceptors (Lipinski definition) is 6. The zero-order chi connectivity index (χ0) is 14.1. The topological polar surface area (TPSA) is 78.9 Å². The van der Waals surface area contributed by atoms with Crippen molar-refractivity contribution in [1.82, 2.24) is 24.9 Å². The Morgan fingerprint density at radius 3 is 2.90 bits per heavy atom. The van der Waals surface area contributed by atoms with Gasteiger partial charge in [0.2, 0.25) is 0 Å². The van der Waals surface area contributed by atoms with Crippen molar-refractivity contribution in [3.05, 3.63) is 42.7 Å². The Morgan fingerprint density at radius 1 is 1.19 bits per heavy atom. The molecule has 1 saturated heterocycles. The zero-order valence-electron chi connectivity index (χ0n) is 11.2. The minimum absolute atomic E-state index is 0.239. The summed E-state index contributed by atoms with van der Waals surface area (Å²) in [6.45, 7) is 1.43. The molecule has 0 spiro atoms. The first kappa shape index (κ1) is 12.2. The normalized spacial score (nSPS) is 18.2. The Morgan fingerprint density at radius 2 is 2.10 bits per heavy atom. The third-order valence-electron chi connectivity index (χ3n) is 3.55. The highest BCUT2D eigenvalue weighted by molar-refractivity contribution is 5.57. The molecule has 3 heterocycles. The first-order chi connectivity index (χ1) is 10.4. The molecule has 21 heavy (non-hydrogen) atoms. The summed E-state index contributed by atoms with van der Waals surface area (Å²) in [6.07, 6.45) is 4.24. The van der Waals surface area contributed by atoms with Gasteiger partial charge in [0.25, 0.3) is 5.89 Å². The largest absolute Gasteiger partial charge is 0.381 e. The summed E-state index contributed by atoms with van der Waals surface area (Å²) in [5.74, 6) is 1.48. The van der Waals surface area contributed by atoms with Crippen LogP contribution in [0, 0.1) is 0 Å². The van der Waals surface area contributed by atoms with E-state index in [0.717, 1.165) is 30.1 Å². The van der Waals surface area contributed by atoms with E-state index in [1.807, 2.05) is 28.8 Å². The first-order valence-corrected chi connectivity index (χ1v) is 6.77. The molecule has 106 valence electrons. The standard InChI is InChI=1S/C14H13N5O2/c1-2-10(6-12(3-1)19-8-15-16-9-19)14-17-13(18-21-14)11-4-5-20-7-11/h1-3,6,8-9,11H,4-5,7H2. The SMILES string of the molecule is c1cc(-c2nc(C3CCOC3)no2)cc(-n2cnnc2)c1. The molecule has 7 nitrogen and oxygen atoms in total. The van der Waals surface area contributed by atoms with Crippen molar-refractivity contribution in [3.63, 3.8) is 0 Å². The van der Waals surface area contributed by atoms with Crippen LogP contribution in [0.15, 0.2) is 41.4 Å². The summed E-state index contributed by atoms with van der Waals surface area (Å²) < 4.78 is 12.6. The number of nitrogens with zero attached hydrogens (tertiary/aromatic N) is 5. The predicted octanol–water partition coefficient (Wildman–Crippen LogP) is 1.82. The van der Waals surface area contributed by atoms with Gasteiger partial charge in [0.05, 0.1) is 6.61 Å². The van der Waals surface area contributed by atoms with E-state index in [1.54, 1.807) is 12.7 Å². The van der Waals surface area contributed by atoms with E-state index in [9.17, 15) is 0 Å². The molecule has 0 N–H and O–H groups in total. The van der Waals surface area contributed by atoms with Crippen LogP contribution in [0.1, 0.15) is 18.2 Å². The van der Waals surface area contributed by atoms with Crippen molar-refractivity contribution in [3.8, 4) is 17.1 Å². The van der Waals surface area contributed by atoms with Crippen LogP contribution in [0.2, 0.25) is 0 Å². The fourth-order valence-electron chi connectivity index (χ4n) is 2.39. The second-order valence-corrected chi connectivity index (χ2v) is 4.94. The van der Waals surface area contributed by atoms with Gasteiger partial charge in [-0.25, -0.2) is 0 Å². The van der Waals surface area contributed by atoms with Crippen LogP contribution in [0.5, 0.6) is 0 Å². The van der Waals surface area contributed by atoms with E-state index in [1.165, 1.54) is 0 Å². The predicted molar refractivity (Wildman–Crippen MR) is 72.8 cm³/mol. The second kappa shape index (κ2) is 5.10. The maximum absolute atomic E-state index is 5.38. The summed E-state index contributed by atoms with van der Waals surface area (Å²) in [5.41, 5.74) is 1.82. The van der Waals surface area contributed by atoms with E-state index in [2.05, 4.69) is 20.3 Å². The van der Waals surface area contributed by atoms with Crippen LogP contribution in [-0.2, 0) is 4.74 Å². The number of ether oxygens (including phenoxy) is 1. The number of benzene rings is 1. The van der Waals surface area contributed by atoms with Crippen LogP contribution < -0.4 is 0 Å². The molecule has 0 amide bonds. The lowest BCUT2D eigenvalue weighted by Crippen LogP contribution is -1.99. The Labute approximate surface area is 120 Å². The molecular formula is C14H13N5O2. The third-order valence-corrected chi connectivity index (χ3v) is 3.55. The van der Waals surface area contributed by atoms with Crippen molar-refractivity contribution < 1.29 is 9.26 Å². The first-order valence-electron chi connectivity index (χ1n) is 6.77. The molecule has 7 heteroatoms. The molecule has 1 fully saturated rings. The van der Waals surface area contributed by atoms with Crippen molar-refractivity contribution in [2.24, 2.45) is 0 Å². The van der Waals surface area contributed by atoms with E-state index in [0.29, 0.717) is 12.5 Å². The monoisotopic (exact) mass is 283 g/mol. The van der Waals surface area contributed by atoms with E-state index in [-0.39, 0.29) is 5.92 Å². The Bertz CT molecular complexity index is 731. The smallest absolute Gasteiger partial charge is 0.258 e. The minimum atomic E-state index is 0.239. The van der Waals surface area contributed by atoms with Crippen LogP contribution in [0.25, 0.3) is 17.1 Å². The summed E-state index contributed by atoms with van der Waals surface area (Å²) >= 11 is 0. The molecule has 0 saturated carbocycles. The molecule has 3 aromatic rings. The van der Waals surface area contributed by atoms with Gasteiger partial charge in [-0.15, -0.1) is 10.2 Å². The minimum Gasteiger partial charge on any atom is -0.381 e. The molecule has 1 aliphatic heterocycles.